The lowest BCUT2D eigenvalue weighted by Gasteiger charge is -2.33. The Balaban J connectivity index is 2.10. The molecule has 4 nitrogen and oxygen atoms in total. The predicted molar refractivity (Wildman–Crippen MR) is 92.8 cm³/mol. The van der Waals surface area contributed by atoms with E-state index < -0.39 is 16.1 Å². The Morgan fingerprint density at radius 2 is 1.58 bits per heavy atom. The molecule has 0 saturated heterocycles. The first kappa shape index (κ1) is 16.5. The third-order valence-corrected chi connectivity index (χ3v) is 6.01. The zero-order valence-corrected chi connectivity index (χ0v) is 14.5. The van der Waals surface area contributed by atoms with E-state index in [9.17, 15) is 13.2 Å². The summed E-state index contributed by atoms with van der Waals surface area (Å²) >= 11 is 0. The van der Waals surface area contributed by atoms with Crippen molar-refractivity contribution in [1.82, 2.24) is 4.31 Å². The summed E-state index contributed by atoms with van der Waals surface area (Å²) in [5.74, 6) is -0.0285. The predicted octanol–water partition coefficient (Wildman–Crippen LogP) is 3.60. The van der Waals surface area contributed by atoms with Crippen molar-refractivity contribution in [3.05, 3.63) is 77.5 Å². The number of sulfonamides is 1. The maximum Gasteiger partial charge on any atom is 0.264 e. The van der Waals surface area contributed by atoms with Crippen molar-refractivity contribution in [2.24, 2.45) is 0 Å². The van der Waals surface area contributed by atoms with Crippen LogP contribution in [0, 0.1) is 6.92 Å². The zero-order chi connectivity index (χ0) is 17.3. The number of hydrogen-bond donors (Lipinski definition) is 0. The topological polar surface area (TPSA) is 54.5 Å². The second kappa shape index (κ2) is 6.24. The van der Waals surface area contributed by atoms with Crippen LogP contribution in [0.4, 0.5) is 0 Å². The van der Waals surface area contributed by atoms with Crippen LogP contribution in [0.3, 0.4) is 0 Å². The van der Waals surface area contributed by atoms with Crippen LogP contribution in [0.5, 0.6) is 0 Å². The first-order chi connectivity index (χ1) is 11.4. The molecule has 24 heavy (non-hydrogen) atoms. The van der Waals surface area contributed by atoms with E-state index in [0.29, 0.717) is 5.57 Å². The number of aryl methyl sites for hydroxylation is 1. The molecule has 0 unspecified atom stereocenters. The largest absolute Gasteiger partial charge is 0.294 e. The maximum absolute atomic E-state index is 13.1. The highest BCUT2D eigenvalue weighted by atomic mass is 32.2. The smallest absolute Gasteiger partial charge is 0.264 e. The Hall–Kier alpha value is -2.40. The molecule has 2 aromatic rings. The van der Waals surface area contributed by atoms with Crippen molar-refractivity contribution in [3.63, 3.8) is 0 Å². The van der Waals surface area contributed by atoms with Crippen LogP contribution in [0.1, 0.15) is 30.5 Å². The molecule has 0 aromatic heterocycles. The average Bonchev–Trinajstić information content (AvgIpc) is 2.58. The van der Waals surface area contributed by atoms with Crippen LogP contribution in [0.25, 0.3) is 0 Å². The van der Waals surface area contributed by atoms with Gasteiger partial charge in [-0.1, -0.05) is 48.0 Å². The van der Waals surface area contributed by atoms with Crippen LogP contribution in [0.15, 0.2) is 71.3 Å². The third-order valence-electron chi connectivity index (χ3n) is 4.23. The maximum atomic E-state index is 13.1. The number of carbonyl (C=O) groups is 1. The summed E-state index contributed by atoms with van der Waals surface area (Å²) in [6.07, 6.45) is 1.61. The number of benzene rings is 2. The highest BCUT2D eigenvalue weighted by Gasteiger charge is 2.35. The Kier molecular flexibility index (Phi) is 4.28. The summed E-state index contributed by atoms with van der Waals surface area (Å²) in [6, 6.07) is 15.5. The van der Waals surface area contributed by atoms with Crippen LogP contribution >= 0.6 is 0 Å². The van der Waals surface area contributed by atoms with E-state index in [1.165, 1.54) is 10.5 Å². The summed E-state index contributed by atoms with van der Waals surface area (Å²) in [7, 11) is -3.73. The van der Waals surface area contributed by atoms with Crippen molar-refractivity contribution in [2.45, 2.75) is 31.2 Å². The zero-order valence-electron chi connectivity index (χ0n) is 13.6. The van der Waals surface area contributed by atoms with Crippen LogP contribution < -0.4 is 0 Å². The highest BCUT2D eigenvalue weighted by molar-refractivity contribution is 7.89. The summed E-state index contributed by atoms with van der Waals surface area (Å²) in [4.78, 5) is 12.4. The van der Waals surface area contributed by atoms with Gasteiger partial charge in [-0.15, -0.1) is 0 Å². The molecule has 0 bridgehead atoms. The first-order valence-corrected chi connectivity index (χ1v) is 9.20. The van der Waals surface area contributed by atoms with Gasteiger partial charge in [-0.25, -0.2) is 8.42 Å². The monoisotopic (exact) mass is 341 g/mol. The molecule has 2 aromatic carbocycles. The van der Waals surface area contributed by atoms with E-state index in [1.54, 1.807) is 31.2 Å². The molecule has 1 aliphatic rings. The highest BCUT2D eigenvalue weighted by Crippen LogP contribution is 2.35. The normalized spacial score (nSPS) is 18.4. The van der Waals surface area contributed by atoms with E-state index in [-0.39, 0.29) is 17.1 Å². The Bertz CT molecular complexity index is 884. The number of Topliss-reactive ketones (excluding diaryl/α,β-unsaturated/α-hetero) is 1. The van der Waals surface area contributed by atoms with E-state index in [0.717, 1.165) is 11.1 Å². The SMILES string of the molecule is CC1=CN(S(=O)(=O)c2ccc(C)cc2)[C@@H](c2ccccc2)CC1=O. The molecular formula is C19H19NO3S. The number of rotatable bonds is 3. The van der Waals surface area contributed by atoms with Gasteiger partial charge in [-0.05, 0) is 31.5 Å². The second-order valence-electron chi connectivity index (χ2n) is 6.01. The molecule has 124 valence electrons. The van der Waals surface area contributed by atoms with E-state index in [2.05, 4.69) is 0 Å². The molecule has 0 saturated carbocycles. The summed E-state index contributed by atoms with van der Waals surface area (Å²) in [5, 5.41) is 0. The van der Waals surface area contributed by atoms with Gasteiger partial charge in [0.15, 0.2) is 5.78 Å². The molecule has 0 spiro atoms. The number of hydrogen-bond acceptors (Lipinski definition) is 3. The molecule has 1 aliphatic heterocycles. The lowest BCUT2D eigenvalue weighted by molar-refractivity contribution is -0.117. The van der Waals surface area contributed by atoms with Gasteiger partial charge < -0.3 is 0 Å². The lowest BCUT2D eigenvalue weighted by atomic mass is 9.96. The number of ketones is 1. The standard InChI is InChI=1S/C19H19NO3S/c1-14-8-10-17(11-9-14)24(22,23)20-13-15(2)19(21)12-18(20)16-6-4-3-5-7-16/h3-11,13,18H,12H2,1-2H3/t18-/m1/s1. The van der Waals surface area contributed by atoms with E-state index in [4.69, 9.17) is 0 Å². The van der Waals surface area contributed by atoms with Gasteiger partial charge in [0, 0.05) is 18.2 Å². The molecule has 1 heterocycles. The van der Waals surface area contributed by atoms with Gasteiger partial charge in [0.2, 0.25) is 0 Å². The minimum Gasteiger partial charge on any atom is -0.294 e. The number of nitrogens with zero attached hydrogens (tertiary/aromatic N) is 1. The first-order valence-electron chi connectivity index (χ1n) is 7.76. The minimum absolute atomic E-state index is 0.0285. The molecule has 0 radical (unpaired) electrons. The molecular weight excluding hydrogens is 322 g/mol. The van der Waals surface area contributed by atoms with E-state index >= 15 is 0 Å². The van der Waals surface area contributed by atoms with E-state index in [1.807, 2.05) is 37.3 Å². The molecule has 0 amide bonds. The molecule has 0 fully saturated rings. The summed E-state index contributed by atoms with van der Waals surface area (Å²) in [6.45, 7) is 3.56. The van der Waals surface area contributed by atoms with Crippen molar-refractivity contribution >= 4 is 15.8 Å². The van der Waals surface area contributed by atoms with Crippen LogP contribution in [0.2, 0.25) is 0 Å². The average molecular weight is 341 g/mol. The van der Waals surface area contributed by atoms with Crippen LogP contribution in [-0.4, -0.2) is 18.5 Å². The fourth-order valence-corrected chi connectivity index (χ4v) is 4.34. The molecule has 3 rings (SSSR count). The van der Waals surface area contributed by atoms with Crippen molar-refractivity contribution in [2.75, 3.05) is 0 Å². The van der Waals surface area contributed by atoms with Gasteiger partial charge in [0.1, 0.15) is 0 Å². The fourth-order valence-electron chi connectivity index (χ4n) is 2.79. The van der Waals surface area contributed by atoms with Crippen molar-refractivity contribution in [3.8, 4) is 0 Å². The van der Waals surface area contributed by atoms with Gasteiger partial charge >= 0.3 is 0 Å². The quantitative estimate of drug-likeness (QED) is 0.857. The lowest BCUT2D eigenvalue weighted by Crippen LogP contribution is -2.35. The minimum atomic E-state index is -3.73. The molecule has 1 atom stereocenters. The van der Waals surface area contributed by atoms with Crippen molar-refractivity contribution < 1.29 is 13.2 Å². The molecule has 0 aliphatic carbocycles. The fraction of sp³-hybridized carbons (Fsp3) is 0.211. The number of allylic oxidation sites excluding steroid dienone is 1. The Morgan fingerprint density at radius 1 is 0.958 bits per heavy atom. The third kappa shape index (κ3) is 2.99. The van der Waals surface area contributed by atoms with Crippen LogP contribution in [-0.2, 0) is 14.8 Å². The van der Waals surface area contributed by atoms with Gasteiger partial charge in [-0.3, -0.25) is 9.10 Å². The number of carbonyl (C=O) groups excluding carboxylic acids is 1. The molecule has 5 heteroatoms. The summed E-state index contributed by atoms with van der Waals surface area (Å²) in [5.41, 5.74) is 2.26. The van der Waals surface area contributed by atoms with Gasteiger partial charge in [0.05, 0.1) is 10.9 Å². The van der Waals surface area contributed by atoms with Gasteiger partial charge in [0.25, 0.3) is 10.0 Å². The Morgan fingerprint density at radius 3 is 2.21 bits per heavy atom. The Labute approximate surface area is 142 Å². The molecule has 0 N–H and O–H groups in total. The van der Waals surface area contributed by atoms with Crippen molar-refractivity contribution in [1.29, 1.82) is 0 Å². The van der Waals surface area contributed by atoms with Gasteiger partial charge in [-0.2, -0.15) is 0 Å². The second-order valence-corrected chi connectivity index (χ2v) is 7.86. The summed E-state index contributed by atoms with van der Waals surface area (Å²) < 4.78 is 27.5.